The number of aryl methyl sites for hydroxylation is 1. The van der Waals surface area contributed by atoms with Gasteiger partial charge in [0.25, 0.3) is 0 Å². The Balaban J connectivity index is 1.58. The molecule has 0 spiro atoms. The fourth-order valence-corrected chi connectivity index (χ4v) is 3.81. The lowest BCUT2D eigenvalue weighted by molar-refractivity contribution is 1.32. The molecule has 0 saturated carbocycles. The van der Waals surface area contributed by atoms with Crippen molar-refractivity contribution >= 4 is 0 Å². The molecule has 1 aromatic heterocycles. The molecule has 0 saturated heterocycles. The predicted molar refractivity (Wildman–Crippen MR) is 131 cm³/mol. The van der Waals surface area contributed by atoms with Gasteiger partial charge in [0.15, 0.2) is 0 Å². The van der Waals surface area contributed by atoms with Crippen LogP contribution in [0.15, 0.2) is 121 Å². The first-order valence-corrected chi connectivity index (χ1v) is 10.6. The summed E-state index contributed by atoms with van der Waals surface area (Å²) in [4.78, 5) is 5.01. The lowest BCUT2D eigenvalue weighted by atomic mass is 9.98. The highest BCUT2D eigenvalue weighted by Gasteiger charge is 2.09. The molecule has 0 unspecified atom stereocenters. The van der Waals surface area contributed by atoms with Gasteiger partial charge in [-0.25, -0.2) is 4.98 Å². The second-order valence-corrected chi connectivity index (χ2v) is 7.80. The Kier molecular flexibility index (Phi) is 5.16. The van der Waals surface area contributed by atoms with E-state index >= 15 is 0 Å². The fourth-order valence-electron chi connectivity index (χ4n) is 3.81. The summed E-state index contributed by atoms with van der Waals surface area (Å²) in [5.74, 6) is 0. The van der Waals surface area contributed by atoms with Crippen molar-refractivity contribution in [3.63, 3.8) is 0 Å². The van der Waals surface area contributed by atoms with Crippen molar-refractivity contribution in [1.82, 2.24) is 4.98 Å². The van der Waals surface area contributed by atoms with E-state index < -0.39 is 0 Å². The third kappa shape index (κ3) is 4.17. The molecule has 1 heterocycles. The first-order valence-electron chi connectivity index (χ1n) is 10.6. The van der Waals surface area contributed by atoms with Crippen LogP contribution in [0.25, 0.3) is 44.8 Å². The fraction of sp³-hybridized carbons (Fsp3) is 0.0333. The third-order valence-corrected chi connectivity index (χ3v) is 5.57. The van der Waals surface area contributed by atoms with E-state index in [2.05, 4.69) is 116 Å². The molecule has 5 aromatic rings. The van der Waals surface area contributed by atoms with Gasteiger partial charge in [0.05, 0.1) is 11.4 Å². The molecular formula is C30H23N. The van der Waals surface area contributed by atoms with E-state index in [1.165, 1.54) is 27.8 Å². The molecule has 0 amide bonds. The molecule has 0 radical (unpaired) electrons. The van der Waals surface area contributed by atoms with Crippen molar-refractivity contribution in [1.29, 1.82) is 0 Å². The van der Waals surface area contributed by atoms with Gasteiger partial charge in [-0.1, -0.05) is 115 Å². The van der Waals surface area contributed by atoms with Crippen molar-refractivity contribution in [2.75, 3.05) is 0 Å². The first kappa shape index (κ1) is 19.0. The van der Waals surface area contributed by atoms with E-state index in [1.54, 1.807) is 0 Å². The number of rotatable bonds is 4. The van der Waals surface area contributed by atoms with Crippen molar-refractivity contribution < 1.29 is 0 Å². The maximum atomic E-state index is 5.01. The summed E-state index contributed by atoms with van der Waals surface area (Å²) < 4.78 is 0. The Morgan fingerprint density at radius 3 is 1.32 bits per heavy atom. The highest BCUT2D eigenvalue weighted by molar-refractivity contribution is 5.77. The number of nitrogens with zero attached hydrogens (tertiary/aromatic N) is 1. The maximum Gasteiger partial charge on any atom is 0.0715 e. The molecule has 1 heteroatoms. The summed E-state index contributed by atoms with van der Waals surface area (Å²) in [5, 5.41) is 0. The van der Waals surface area contributed by atoms with Crippen LogP contribution < -0.4 is 0 Å². The summed E-state index contributed by atoms with van der Waals surface area (Å²) in [6, 6.07) is 42.6. The Hall–Kier alpha value is -3.97. The summed E-state index contributed by atoms with van der Waals surface area (Å²) in [6.07, 6.45) is 0. The number of hydrogen-bond donors (Lipinski definition) is 0. The molecule has 0 aliphatic heterocycles. The van der Waals surface area contributed by atoms with Crippen LogP contribution in [-0.4, -0.2) is 4.98 Å². The zero-order chi connectivity index (χ0) is 21.0. The minimum absolute atomic E-state index is 0.982. The zero-order valence-electron chi connectivity index (χ0n) is 17.5. The number of hydrogen-bond acceptors (Lipinski definition) is 1. The van der Waals surface area contributed by atoms with Gasteiger partial charge in [-0.3, -0.25) is 0 Å². The van der Waals surface area contributed by atoms with Gasteiger partial charge in [-0.2, -0.15) is 0 Å². The van der Waals surface area contributed by atoms with Gasteiger partial charge in [0, 0.05) is 11.1 Å². The summed E-state index contributed by atoms with van der Waals surface area (Å²) >= 11 is 0. The molecule has 0 aliphatic rings. The molecule has 0 aliphatic carbocycles. The second kappa shape index (κ2) is 8.41. The molecular weight excluding hydrogens is 374 g/mol. The van der Waals surface area contributed by atoms with Gasteiger partial charge in [0.1, 0.15) is 0 Å². The van der Waals surface area contributed by atoms with Crippen LogP contribution >= 0.6 is 0 Å². The highest BCUT2D eigenvalue weighted by Crippen LogP contribution is 2.31. The van der Waals surface area contributed by atoms with Crippen LogP contribution in [0.1, 0.15) is 5.56 Å². The van der Waals surface area contributed by atoms with Gasteiger partial charge in [-0.15, -0.1) is 0 Å². The molecule has 5 rings (SSSR count). The van der Waals surface area contributed by atoms with E-state index in [9.17, 15) is 0 Å². The highest BCUT2D eigenvalue weighted by atomic mass is 14.7. The van der Waals surface area contributed by atoms with Crippen LogP contribution in [0, 0.1) is 6.92 Å². The van der Waals surface area contributed by atoms with E-state index in [-0.39, 0.29) is 0 Å². The van der Waals surface area contributed by atoms with Crippen LogP contribution in [0.4, 0.5) is 0 Å². The van der Waals surface area contributed by atoms with Crippen molar-refractivity contribution in [2.24, 2.45) is 0 Å². The molecule has 31 heavy (non-hydrogen) atoms. The van der Waals surface area contributed by atoms with Crippen molar-refractivity contribution in [3.8, 4) is 44.8 Å². The topological polar surface area (TPSA) is 12.9 Å². The predicted octanol–water partition coefficient (Wildman–Crippen LogP) is 8.06. The van der Waals surface area contributed by atoms with E-state index in [4.69, 9.17) is 4.98 Å². The van der Waals surface area contributed by atoms with Gasteiger partial charge in [-0.05, 0) is 41.3 Å². The standard InChI is InChI=1S/C30H23N/c1-22-12-14-24(15-13-22)25-16-18-27(19-17-25)30-21-28(23-8-4-2-5-9-23)20-29(31-30)26-10-6-3-7-11-26/h2-21H,1H3. The molecule has 0 fully saturated rings. The van der Waals surface area contributed by atoms with Gasteiger partial charge in [0.2, 0.25) is 0 Å². The van der Waals surface area contributed by atoms with E-state index in [0.717, 1.165) is 22.5 Å². The molecule has 1 nitrogen and oxygen atoms in total. The monoisotopic (exact) mass is 397 g/mol. The average molecular weight is 398 g/mol. The normalized spacial score (nSPS) is 10.7. The quantitative estimate of drug-likeness (QED) is 0.299. The second-order valence-electron chi connectivity index (χ2n) is 7.80. The summed E-state index contributed by atoms with van der Waals surface area (Å²) in [6.45, 7) is 2.11. The van der Waals surface area contributed by atoms with Crippen LogP contribution in [0.5, 0.6) is 0 Å². The lowest BCUT2D eigenvalue weighted by Crippen LogP contribution is -1.91. The largest absolute Gasteiger partial charge is 0.248 e. The Labute approximate surface area is 183 Å². The van der Waals surface area contributed by atoms with E-state index in [1.807, 2.05) is 12.1 Å². The molecule has 4 aromatic carbocycles. The smallest absolute Gasteiger partial charge is 0.0715 e. The number of benzene rings is 4. The number of aromatic nitrogens is 1. The first-order chi connectivity index (χ1) is 15.3. The molecule has 0 bridgehead atoms. The molecule has 148 valence electrons. The minimum Gasteiger partial charge on any atom is -0.248 e. The summed E-state index contributed by atoms with van der Waals surface area (Å²) in [5.41, 5.74) is 10.3. The van der Waals surface area contributed by atoms with Crippen LogP contribution in [0.3, 0.4) is 0 Å². The number of pyridine rings is 1. The van der Waals surface area contributed by atoms with Gasteiger partial charge < -0.3 is 0 Å². The molecule has 0 atom stereocenters. The van der Waals surface area contributed by atoms with Crippen molar-refractivity contribution in [2.45, 2.75) is 6.92 Å². The van der Waals surface area contributed by atoms with Crippen LogP contribution in [0.2, 0.25) is 0 Å². The average Bonchev–Trinajstić information content (AvgIpc) is 2.85. The Morgan fingerprint density at radius 1 is 0.387 bits per heavy atom. The maximum absolute atomic E-state index is 5.01. The lowest BCUT2D eigenvalue weighted by Gasteiger charge is -2.11. The zero-order valence-corrected chi connectivity index (χ0v) is 17.5. The minimum atomic E-state index is 0.982. The Morgan fingerprint density at radius 2 is 0.774 bits per heavy atom. The summed E-state index contributed by atoms with van der Waals surface area (Å²) in [7, 11) is 0. The Bertz CT molecular complexity index is 1230. The van der Waals surface area contributed by atoms with Crippen molar-refractivity contribution in [3.05, 3.63) is 127 Å². The van der Waals surface area contributed by atoms with Crippen LogP contribution in [-0.2, 0) is 0 Å². The van der Waals surface area contributed by atoms with Gasteiger partial charge >= 0.3 is 0 Å². The third-order valence-electron chi connectivity index (χ3n) is 5.57. The molecule has 0 N–H and O–H groups in total. The van der Waals surface area contributed by atoms with E-state index in [0.29, 0.717) is 0 Å². The SMILES string of the molecule is Cc1ccc(-c2ccc(-c3cc(-c4ccccc4)cc(-c4ccccc4)n3)cc2)cc1.